The first-order valence-corrected chi connectivity index (χ1v) is 8.00. The smallest absolute Gasteiger partial charge is 0.160 e. The molecule has 0 amide bonds. The number of nitrogens with one attached hydrogen (secondary N) is 1. The molecule has 0 aromatic carbocycles. The van der Waals surface area contributed by atoms with Crippen LogP contribution in [-0.4, -0.2) is 22.1 Å². The lowest BCUT2D eigenvalue weighted by Gasteiger charge is -2.30. The minimum atomic E-state index is -0.364. The summed E-state index contributed by atoms with van der Waals surface area (Å²) in [5, 5.41) is 3.48. The van der Waals surface area contributed by atoms with Gasteiger partial charge in [-0.2, -0.15) is 0 Å². The molecule has 0 aliphatic heterocycles. The Kier molecular flexibility index (Phi) is 6.29. The highest BCUT2D eigenvalue weighted by molar-refractivity contribution is 5.14. The summed E-state index contributed by atoms with van der Waals surface area (Å²) in [4.78, 5) is 9.42. The second-order valence-electron chi connectivity index (χ2n) is 6.56. The van der Waals surface area contributed by atoms with Crippen molar-refractivity contribution in [1.29, 1.82) is 0 Å². The molecule has 21 heavy (non-hydrogen) atoms. The molecular formula is C17H31N3O. The molecule has 0 aliphatic carbocycles. The van der Waals surface area contributed by atoms with Gasteiger partial charge >= 0.3 is 0 Å². The molecule has 4 nitrogen and oxygen atoms in total. The van der Waals surface area contributed by atoms with Crippen molar-refractivity contribution in [3.63, 3.8) is 0 Å². The second-order valence-corrected chi connectivity index (χ2v) is 6.56. The SMILES string of the molecule is CCOC(CC)(CC)c1nc(C)cc(CNC(C)(C)C)n1. The zero-order valence-corrected chi connectivity index (χ0v) is 14.7. The Balaban J connectivity index is 3.10. The normalized spacial score (nSPS) is 12.7. The maximum atomic E-state index is 6.02. The Hall–Kier alpha value is -1.00. The minimum absolute atomic E-state index is 0.0749. The van der Waals surface area contributed by atoms with Crippen molar-refractivity contribution in [2.75, 3.05) is 6.61 Å². The molecule has 0 aliphatic rings. The van der Waals surface area contributed by atoms with E-state index in [1.807, 2.05) is 19.9 Å². The first kappa shape index (κ1) is 18.1. The number of ether oxygens (including phenoxy) is 1. The van der Waals surface area contributed by atoms with Crippen LogP contribution in [-0.2, 0) is 16.9 Å². The Morgan fingerprint density at radius 1 is 1.10 bits per heavy atom. The molecule has 0 atom stereocenters. The third-order valence-corrected chi connectivity index (χ3v) is 3.68. The first-order valence-electron chi connectivity index (χ1n) is 8.00. The quantitative estimate of drug-likeness (QED) is 0.832. The zero-order valence-electron chi connectivity index (χ0n) is 14.7. The van der Waals surface area contributed by atoms with E-state index >= 15 is 0 Å². The molecule has 1 heterocycles. The molecule has 1 aromatic rings. The number of aryl methyl sites for hydroxylation is 1. The highest BCUT2D eigenvalue weighted by Gasteiger charge is 2.32. The Morgan fingerprint density at radius 2 is 1.71 bits per heavy atom. The summed E-state index contributed by atoms with van der Waals surface area (Å²) < 4.78 is 6.02. The van der Waals surface area contributed by atoms with E-state index in [1.165, 1.54) is 0 Å². The highest BCUT2D eigenvalue weighted by Crippen LogP contribution is 2.30. The Labute approximate surface area is 129 Å². The molecule has 0 saturated carbocycles. The van der Waals surface area contributed by atoms with Gasteiger partial charge in [0.1, 0.15) is 5.60 Å². The average Bonchev–Trinajstić information content (AvgIpc) is 2.41. The van der Waals surface area contributed by atoms with Gasteiger partial charge in [-0.1, -0.05) is 13.8 Å². The van der Waals surface area contributed by atoms with Crippen molar-refractivity contribution >= 4 is 0 Å². The van der Waals surface area contributed by atoms with Crippen LogP contribution in [0.1, 0.15) is 71.6 Å². The lowest BCUT2D eigenvalue weighted by Crippen LogP contribution is -2.36. The van der Waals surface area contributed by atoms with Gasteiger partial charge in [-0.05, 0) is 53.5 Å². The molecule has 0 saturated heterocycles. The summed E-state index contributed by atoms with van der Waals surface area (Å²) in [5.74, 6) is 0.819. The number of hydrogen-bond donors (Lipinski definition) is 1. The fourth-order valence-electron chi connectivity index (χ4n) is 2.39. The molecule has 0 spiro atoms. The van der Waals surface area contributed by atoms with Crippen LogP contribution in [0.25, 0.3) is 0 Å². The topological polar surface area (TPSA) is 47.0 Å². The van der Waals surface area contributed by atoms with E-state index in [2.05, 4.69) is 44.9 Å². The molecule has 1 aromatic heterocycles. The summed E-state index contributed by atoms with van der Waals surface area (Å²) in [6, 6.07) is 2.05. The van der Waals surface area contributed by atoms with Crippen LogP contribution in [0.2, 0.25) is 0 Å². The van der Waals surface area contributed by atoms with E-state index in [0.717, 1.165) is 36.6 Å². The van der Waals surface area contributed by atoms with Crippen LogP contribution in [0.4, 0.5) is 0 Å². The van der Waals surface area contributed by atoms with Crippen molar-refractivity contribution in [1.82, 2.24) is 15.3 Å². The van der Waals surface area contributed by atoms with Gasteiger partial charge in [0.25, 0.3) is 0 Å². The van der Waals surface area contributed by atoms with Crippen LogP contribution in [0.3, 0.4) is 0 Å². The summed E-state index contributed by atoms with van der Waals surface area (Å²) >= 11 is 0. The predicted octanol–water partition coefficient (Wildman–Crippen LogP) is 3.72. The van der Waals surface area contributed by atoms with Gasteiger partial charge in [0, 0.05) is 24.4 Å². The molecule has 0 fully saturated rings. The summed E-state index contributed by atoms with van der Waals surface area (Å²) in [6.45, 7) is 16.2. The number of hydrogen-bond acceptors (Lipinski definition) is 4. The van der Waals surface area contributed by atoms with Gasteiger partial charge in [-0.3, -0.25) is 0 Å². The van der Waals surface area contributed by atoms with E-state index in [4.69, 9.17) is 9.72 Å². The molecule has 120 valence electrons. The van der Waals surface area contributed by atoms with Crippen molar-refractivity contribution < 1.29 is 4.74 Å². The number of aromatic nitrogens is 2. The molecular weight excluding hydrogens is 262 g/mol. The molecule has 0 radical (unpaired) electrons. The molecule has 1 N–H and O–H groups in total. The highest BCUT2D eigenvalue weighted by atomic mass is 16.5. The van der Waals surface area contributed by atoms with Crippen LogP contribution < -0.4 is 5.32 Å². The van der Waals surface area contributed by atoms with E-state index < -0.39 is 0 Å². The average molecular weight is 293 g/mol. The van der Waals surface area contributed by atoms with Crippen molar-refractivity contribution in [2.45, 2.75) is 79.0 Å². The van der Waals surface area contributed by atoms with Crippen LogP contribution in [0.15, 0.2) is 6.07 Å². The molecule has 0 unspecified atom stereocenters. The van der Waals surface area contributed by atoms with Crippen LogP contribution in [0.5, 0.6) is 0 Å². The molecule has 4 heteroatoms. The van der Waals surface area contributed by atoms with Gasteiger partial charge in [0.2, 0.25) is 0 Å². The van der Waals surface area contributed by atoms with Gasteiger partial charge in [-0.25, -0.2) is 9.97 Å². The minimum Gasteiger partial charge on any atom is -0.367 e. The standard InChI is InChI=1S/C17H31N3O/c1-8-17(9-2,21-10-3)15-19-13(4)11-14(20-15)12-18-16(5,6)7/h11,18H,8-10,12H2,1-7H3. The zero-order chi connectivity index (χ0) is 16.1. The monoisotopic (exact) mass is 293 g/mol. The lowest BCUT2D eigenvalue weighted by atomic mass is 9.95. The molecule has 1 rings (SSSR count). The Bertz CT molecular complexity index is 448. The van der Waals surface area contributed by atoms with Gasteiger partial charge in [0.15, 0.2) is 5.82 Å². The van der Waals surface area contributed by atoms with Gasteiger partial charge in [0.05, 0.1) is 5.69 Å². The fourth-order valence-corrected chi connectivity index (χ4v) is 2.39. The lowest BCUT2D eigenvalue weighted by molar-refractivity contribution is -0.0574. The second kappa shape index (κ2) is 7.32. The summed E-state index contributed by atoms with van der Waals surface area (Å²) in [7, 11) is 0. The van der Waals surface area contributed by atoms with E-state index in [0.29, 0.717) is 6.61 Å². The third kappa shape index (κ3) is 5.04. The number of nitrogens with zero attached hydrogens (tertiary/aromatic N) is 2. The van der Waals surface area contributed by atoms with E-state index in [-0.39, 0.29) is 11.1 Å². The van der Waals surface area contributed by atoms with Crippen molar-refractivity contribution in [3.05, 3.63) is 23.3 Å². The predicted molar refractivity (Wildman–Crippen MR) is 87.2 cm³/mol. The largest absolute Gasteiger partial charge is 0.367 e. The van der Waals surface area contributed by atoms with Crippen LogP contribution >= 0.6 is 0 Å². The van der Waals surface area contributed by atoms with E-state index in [1.54, 1.807) is 0 Å². The molecule has 0 bridgehead atoms. The first-order chi connectivity index (χ1) is 9.76. The van der Waals surface area contributed by atoms with Gasteiger partial charge < -0.3 is 10.1 Å². The van der Waals surface area contributed by atoms with Crippen LogP contribution in [0, 0.1) is 6.92 Å². The van der Waals surface area contributed by atoms with Gasteiger partial charge in [-0.15, -0.1) is 0 Å². The van der Waals surface area contributed by atoms with Crippen molar-refractivity contribution in [3.8, 4) is 0 Å². The Morgan fingerprint density at radius 3 is 2.19 bits per heavy atom. The summed E-state index contributed by atoms with van der Waals surface area (Å²) in [5.41, 5.74) is 1.73. The van der Waals surface area contributed by atoms with Crippen molar-refractivity contribution in [2.24, 2.45) is 0 Å². The maximum absolute atomic E-state index is 6.02. The maximum Gasteiger partial charge on any atom is 0.160 e. The summed E-state index contributed by atoms with van der Waals surface area (Å²) in [6.07, 6.45) is 1.76. The van der Waals surface area contributed by atoms with E-state index in [9.17, 15) is 0 Å². The third-order valence-electron chi connectivity index (χ3n) is 3.68. The number of rotatable bonds is 7. The fraction of sp³-hybridized carbons (Fsp3) is 0.765.